The Morgan fingerprint density at radius 2 is 1.44 bits per heavy atom. The minimum absolute atomic E-state index is 0.0159. The number of carbonyl (C=O) groups excluding carboxylic acids is 2. The van der Waals surface area contributed by atoms with E-state index in [2.05, 4.69) is 4.90 Å². The van der Waals surface area contributed by atoms with Gasteiger partial charge in [0.2, 0.25) is 0 Å². The second kappa shape index (κ2) is 7.84. The first-order chi connectivity index (χ1) is 13.2. The van der Waals surface area contributed by atoms with Gasteiger partial charge in [0.1, 0.15) is 0 Å². The molecule has 2 aliphatic heterocycles. The Morgan fingerprint density at radius 3 is 2.11 bits per heavy atom. The molecule has 0 atom stereocenters. The summed E-state index contributed by atoms with van der Waals surface area (Å²) >= 11 is 0. The Hall–Kier alpha value is -2.80. The summed E-state index contributed by atoms with van der Waals surface area (Å²) in [5.74, 6) is 0.232. The number of hydrogen-bond acceptors (Lipinski definition) is 5. The Kier molecular flexibility index (Phi) is 5.11. The van der Waals surface area contributed by atoms with Crippen LogP contribution in [0.25, 0.3) is 0 Å². The first-order valence-electron chi connectivity index (χ1n) is 9.28. The largest absolute Gasteiger partial charge is 0.459 e. The fourth-order valence-electron chi connectivity index (χ4n) is 3.57. The van der Waals surface area contributed by atoms with Crippen LogP contribution in [0.4, 0.5) is 5.69 Å². The summed E-state index contributed by atoms with van der Waals surface area (Å²) in [4.78, 5) is 31.3. The van der Waals surface area contributed by atoms with E-state index in [0.29, 0.717) is 50.7 Å². The van der Waals surface area contributed by atoms with Crippen molar-refractivity contribution in [3.05, 3.63) is 54.0 Å². The number of rotatable bonds is 3. The third kappa shape index (κ3) is 3.68. The number of nitrogens with zero attached hydrogens (tertiary/aromatic N) is 3. The predicted octanol–water partition coefficient (Wildman–Crippen LogP) is 1.71. The van der Waals surface area contributed by atoms with Gasteiger partial charge in [-0.2, -0.15) is 0 Å². The van der Waals surface area contributed by atoms with Crippen LogP contribution in [0, 0.1) is 0 Å². The van der Waals surface area contributed by atoms with Crippen molar-refractivity contribution >= 4 is 17.5 Å². The molecular weight excluding hydrogens is 346 g/mol. The van der Waals surface area contributed by atoms with Crippen molar-refractivity contribution in [3.8, 4) is 0 Å². The topological polar surface area (TPSA) is 66.2 Å². The van der Waals surface area contributed by atoms with E-state index in [0.717, 1.165) is 18.8 Å². The smallest absolute Gasteiger partial charge is 0.289 e. The predicted molar refractivity (Wildman–Crippen MR) is 100.0 cm³/mol. The molecule has 3 heterocycles. The van der Waals surface area contributed by atoms with Crippen molar-refractivity contribution in [2.45, 2.75) is 0 Å². The summed E-state index contributed by atoms with van der Waals surface area (Å²) in [6.07, 6.45) is 1.50. The van der Waals surface area contributed by atoms with Crippen molar-refractivity contribution < 1.29 is 18.7 Å². The van der Waals surface area contributed by atoms with Gasteiger partial charge < -0.3 is 23.9 Å². The highest BCUT2D eigenvalue weighted by molar-refractivity contribution is 6.00. The van der Waals surface area contributed by atoms with Gasteiger partial charge in [0.15, 0.2) is 5.76 Å². The van der Waals surface area contributed by atoms with Gasteiger partial charge in [-0.3, -0.25) is 9.59 Å². The lowest BCUT2D eigenvalue weighted by molar-refractivity contribution is 0.0518. The van der Waals surface area contributed by atoms with Crippen molar-refractivity contribution in [1.29, 1.82) is 0 Å². The molecule has 7 nitrogen and oxygen atoms in total. The zero-order valence-corrected chi connectivity index (χ0v) is 15.2. The number of ether oxygens (including phenoxy) is 1. The van der Waals surface area contributed by atoms with Crippen LogP contribution in [-0.2, 0) is 4.74 Å². The number of carbonyl (C=O) groups is 2. The first-order valence-corrected chi connectivity index (χ1v) is 9.28. The molecular formula is C20H23N3O4. The highest BCUT2D eigenvalue weighted by Crippen LogP contribution is 2.23. The van der Waals surface area contributed by atoms with Gasteiger partial charge in [0.05, 0.1) is 25.0 Å². The molecule has 0 radical (unpaired) electrons. The minimum Gasteiger partial charge on any atom is -0.459 e. The molecule has 2 aromatic rings. The highest BCUT2D eigenvalue weighted by atomic mass is 16.5. The van der Waals surface area contributed by atoms with Crippen LogP contribution in [0.2, 0.25) is 0 Å². The number of amides is 2. The highest BCUT2D eigenvalue weighted by Gasteiger charge is 2.28. The summed E-state index contributed by atoms with van der Waals surface area (Å²) in [6, 6.07) is 11.1. The Bertz CT molecular complexity index is 791. The number of benzene rings is 1. The van der Waals surface area contributed by atoms with Gasteiger partial charge in [0.25, 0.3) is 11.8 Å². The molecule has 4 rings (SSSR count). The SMILES string of the molecule is O=C(c1ccco1)N1CCN(C(=O)c2ccccc2N2CCOCC2)CC1. The van der Waals surface area contributed by atoms with E-state index in [-0.39, 0.29) is 11.8 Å². The Labute approximate surface area is 158 Å². The van der Waals surface area contributed by atoms with E-state index in [1.165, 1.54) is 6.26 Å². The standard InChI is InChI=1S/C20H23N3O4/c24-19(16-4-1-2-5-17(16)21-11-14-26-15-12-21)22-7-9-23(10-8-22)20(25)18-6-3-13-27-18/h1-6,13H,7-12,14-15H2. The zero-order valence-electron chi connectivity index (χ0n) is 15.2. The molecule has 0 unspecified atom stereocenters. The van der Waals surface area contributed by atoms with Crippen LogP contribution in [0.15, 0.2) is 47.1 Å². The minimum atomic E-state index is -0.124. The third-order valence-corrected chi connectivity index (χ3v) is 5.07. The monoisotopic (exact) mass is 369 g/mol. The second-order valence-electron chi connectivity index (χ2n) is 6.68. The lowest BCUT2D eigenvalue weighted by Gasteiger charge is -2.36. The van der Waals surface area contributed by atoms with Gasteiger partial charge in [-0.25, -0.2) is 0 Å². The molecule has 2 saturated heterocycles. The number of morpholine rings is 1. The van der Waals surface area contributed by atoms with Crippen LogP contribution >= 0.6 is 0 Å². The fourth-order valence-corrected chi connectivity index (χ4v) is 3.57. The average Bonchev–Trinajstić information content (AvgIpc) is 3.28. The average molecular weight is 369 g/mol. The number of anilines is 1. The fraction of sp³-hybridized carbons (Fsp3) is 0.400. The third-order valence-electron chi connectivity index (χ3n) is 5.07. The molecule has 2 fully saturated rings. The maximum Gasteiger partial charge on any atom is 0.289 e. The molecule has 0 spiro atoms. The van der Waals surface area contributed by atoms with E-state index in [1.54, 1.807) is 17.0 Å². The lowest BCUT2D eigenvalue weighted by atomic mass is 10.1. The maximum absolute atomic E-state index is 13.1. The van der Waals surface area contributed by atoms with Crippen molar-refractivity contribution in [2.24, 2.45) is 0 Å². The molecule has 1 aromatic carbocycles. The maximum atomic E-state index is 13.1. The number of piperazine rings is 1. The summed E-state index contributed by atoms with van der Waals surface area (Å²) in [7, 11) is 0. The Morgan fingerprint density at radius 1 is 0.778 bits per heavy atom. The van der Waals surface area contributed by atoms with Crippen molar-refractivity contribution in [2.75, 3.05) is 57.4 Å². The summed E-state index contributed by atoms with van der Waals surface area (Å²) in [5.41, 5.74) is 1.67. The van der Waals surface area contributed by atoms with Crippen LogP contribution in [0.1, 0.15) is 20.9 Å². The number of hydrogen-bond donors (Lipinski definition) is 0. The van der Waals surface area contributed by atoms with E-state index in [9.17, 15) is 9.59 Å². The molecule has 1 aromatic heterocycles. The molecule has 7 heteroatoms. The molecule has 0 bridgehead atoms. The molecule has 2 amide bonds. The normalized spacial score (nSPS) is 17.9. The van der Waals surface area contributed by atoms with E-state index in [1.807, 2.05) is 29.2 Å². The molecule has 2 aliphatic rings. The number of para-hydroxylation sites is 1. The van der Waals surface area contributed by atoms with Crippen LogP contribution in [-0.4, -0.2) is 74.1 Å². The van der Waals surface area contributed by atoms with Crippen LogP contribution < -0.4 is 4.90 Å². The lowest BCUT2D eigenvalue weighted by Crippen LogP contribution is -2.50. The van der Waals surface area contributed by atoms with Gasteiger partial charge in [-0.1, -0.05) is 12.1 Å². The van der Waals surface area contributed by atoms with Crippen LogP contribution in [0.3, 0.4) is 0 Å². The molecule has 0 aliphatic carbocycles. The van der Waals surface area contributed by atoms with Gasteiger partial charge >= 0.3 is 0 Å². The van der Waals surface area contributed by atoms with Crippen molar-refractivity contribution in [3.63, 3.8) is 0 Å². The Balaban J connectivity index is 1.43. The molecule has 142 valence electrons. The molecule has 27 heavy (non-hydrogen) atoms. The quantitative estimate of drug-likeness (QED) is 0.824. The summed E-state index contributed by atoms with van der Waals surface area (Å²) in [6.45, 7) is 4.97. The zero-order chi connectivity index (χ0) is 18.6. The summed E-state index contributed by atoms with van der Waals surface area (Å²) in [5, 5.41) is 0. The number of furan rings is 1. The second-order valence-corrected chi connectivity index (χ2v) is 6.68. The van der Waals surface area contributed by atoms with E-state index < -0.39 is 0 Å². The molecule has 0 saturated carbocycles. The van der Waals surface area contributed by atoms with Gasteiger partial charge in [-0.05, 0) is 24.3 Å². The van der Waals surface area contributed by atoms with Crippen molar-refractivity contribution in [1.82, 2.24) is 9.80 Å². The van der Waals surface area contributed by atoms with Gasteiger partial charge in [-0.15, -0.1) is 0 Å². The summed E-state index contributed by atoms with van der Waals surface area (Å²) < 4.78 is 10.6. The van der Waals surface area contributed by atoms with E-state index >= 15 is 0 Å². The van der Waals surface area contributed by atoms with Gasteiger partial charge in [0, 0.05) is 45.0 Å². The van der Waals surface area contributed by atoms with E-state index in [4.69, 9.17) is 9.15 Å². The first kappa shape index (κ1) is 17.6. The molecule has 0 N–H and O–H groups in total. The van der Waals surface area contributed by atoms with Crippen LogP contribution in [0.5, 0.6) is 0 Å².